The minimum atomic E-state index is -0.337. The van der Waals surface area contributed by atoms with Gasteiger partial charge in [0.05, 0.1) is 10.7 Å². The fourth-order valence-corrected chi connectivity index (χ4v) is 1.33. The number of rotatable bonds is 5. The van der Waals surface area contributed by atoms with E-state index in [0.717, 1.165) is 25.1 Å². The molecule has 1 aromatic carbocycles. The van der Waals surface area contributed by atoms with Gasteiger partial charge in [0.15, 0.2) is 0 Å². The van der Waals surface area contributed by atoms with Gasteiger partial charge in [-0.3, -0.25) is 0 Å². The number of nitrogens with one attached hydrogen (secondary N) is 1. The molecule has 0 radical (unpaired) electrons. The van der Waals surface area contributed by atoms with Crippen molar-refractivity contribution in [1.29, 1.82) is 0 Å². The van der Waals surface area contributed by atoms with Crippen molar-refractivity contribution >= 4 is 17.3 Å². The zero-order valence-corrected chi connectivity index (χ0v) is 8.52. The number of benzene rings is 1. The Balaban J connectivity index is 2.42. The predicted molar refractivity (Wildman–Crippen MR) is 56.2 cm³/mol. The van der Waals surface area contributed by atoms with Crippen LogP contribution in [0.3, 0.4) is 0 Å². The van der Waals surface area contributed by atoms with Gasteiger partial charge in [0.2, 0.25) is 0 Å². The van der Waals surface area contributed by atoms with Crippen LogP contribution in [0.2, 0.25) is 5.02 Å². The monoisotopic (exact) mass is 217 g/mol. The molecule has 4 heteroatoms. The van der Waals surface area contributed by atoms with Gasteiger partial charge in [0.1, 0.15) is 5.82 Å². The van der Waals surface area contributed by atoms with E-state index in [-0.39, 0.29) is 12.4 Å². The summed E-state index contributed by atoms with van der Waals surface area (Å²) in [6.45, 7) is 0.921. The van der Waals surface area contributed by atoms with E-state index >= 15 is 0 Å². The second-order valence-corrected chi connectivity index (χ2v) is 3.39. The molecular weight excluding hydrogens is 205 g/mol. The highest BCUT2D eigenvalue weighted by molar-refractivity contribution is 6.33. The lowest BCUT2D eigenvalue weighted by Gasteiger charge is -2.07. The lowest BCUT2D eigenvalue weighted by Crippen LogP contribution is -2.02. The fourth-order valence-electron chi connectivity index (χ4n) is 1.09. The molecule has 0 saturated carbocycles. The van der Waals surface area contributed by atoms with Gasteiger partial charge in [0.25, 0.3) is 0 Å². The smallest absolute Gasteiger partial charge is 0.124 e. The van der Waals surface area contributed by atoms with E-state index in [9.17, 15) is 4.39 Å². The van der Waals surface area contributed by atoms with Crippen LogP contribution in [0, 0.1) is 5.82 Å². The molecule has 0 aromatic heterocycles. The molecule has 0 aliphatic carbocycles. The van der Waals surface area contributed by atoms with E-state index in [2.05, 4.69) is 5.32 Å². The lowest BCUT2D eigenvalue weighted by atomic mass is 10.3. The summed E-state index contributed by atoms with van der Waals surface area (Å²) in [4.78, 5) is 0. The summed E-state index contributed by atoms with van der Waals surface area (Å²) < 4.78 is 12.6. The van der Waals surface area contributed by atoms with E-state index < -0.39 is 0 Å². The van der Waals surface area contributed by atoms with Crippen LogP contribution in [0.15, 0.2) is 18.2 Å². The van der Waals surface area contributed by atoms with Crippen LogP contribution in [-0.4, -0.2) is 18.3 Å². The van der Waals surface area contributed by atoms with E-state index in [4.69, 9.17) is 16.7 Å². The number of aliphatic hydroxyl groups excluding tert-OH is 1. The Morgan fingerprint density at radius 1 is 1.36 bits per heavy atom. The van der Waals surface area contributed by atoms with Gasteiger partial charge in [-0.05, 0) is 31.0 Å². The Morgan fingerprint density at radius 2 is 2.14 bits per heavy atom. The van der Waals surface area contributed by atoms with Crippen LogP contribution >= 0.6 is 11.6 Å². The summed E-state index contributed by atoms with van der Waals surface area (Å²) in [6, 6.07) is 4.24. The quantitative estimate of drug-likeness (QED) is 0.744. The van der Waals surface area contributed by atoms with Crippen molar-refractivity contribution in [3.8, 4) is 0 Å². The second kappa shape index (κ2) is 5.83. The summed E-state index contributed by atoms with van der Waals surface area (Å²) in [5.41, 5.74) is 0.728. The highest BCUT2D eigenvalue weighted by atomic mass is 35.5. The highest BCUT2D eigenvalue weighted by Gasteiger charge is 2.00. The zero-order valence-electron chi connectivity index (χ0n) is 7.76. The number of unbranched alkanes of at least 4 members (excludes halogenated alkanes) is 1. The van der Waals surface area contributed by atoms with Gasteiger partial charge in [-0.2, -0.15) is 0 Å². The average molecular weight is 218 g/mol. The van der Waals surface area contributed by atoms with Gasteiger partial charge in [-0.15, -0.1) is 0 Å². The van der Waals surface area contributed by atoms with Gasteiger partial charge in [-0.1, -0.05) is 11.6 Å². The van der Waals surface area contributed by atoms with E-state index in [0.29, 0.717) is 5.02 Å². The maximum Gasteiger partial charge on any atom is 0.124 e. The first kappa shape index (κ1) is 11.3. The topological polar surface area (TPSA) is 32.3 Å². The van der Waals surface area contributed by atoms with Crippen molar-refractivity contribution in [2.75, 3.05) is 18.5 Å². The van der Waals surface area contributed by atoms with Crippen LogP contribution in [0.25, 0.3) is 0 Å². The molecule has 0 heterocycles. The van der Waals surface area contributed by atoms with Crippen molar-refractivity contribution < 1.29 is 9.50 Å². The molecule has 0 saturated heterocycles. The molecule has 0 amide bonds. The summed E-state index contributed by atoms with van der Waals surface area (Å²) in [5, 5.41) is 12.0. The molecule has 1 aromatic rings. The SMILES string of the molecule is OCCCCNc1ccc(F)cc1Cl. The Hall–Kier alpha value is -0.800. The molecule has 0 fully saturated rings. The number of hydrogen-bond donors (Lipinski definition) is 2. The summed E-state index contributed by atoms with van der Waals surface area (Å²) in [7, 11) is 0. The maximum absolute atomic E-state index is 12.6. The van der Waals surface area contributed by atoms with Crippen LogP contribution in [-0.2, 0) is 0 Å². The standard InChI is InChI=1S/C10H13ClFNO/c11-9-7-8(12)3-4-10(9)13-5-1-2-6-14/h3-4,7,13-14H,1-2,5-6H2. The fraction of sp³-hybridized carbons (Fsp3) is 0.400. The number of anilines is 1. The Kier molecular flexibility index (Phi) is 4.70. The minimum absolute atomic E-state index is 0.193. The zero-order chi connectivity index (χ0) is 10.4. The third kappa shape index (κ3) is 3.52. The highest BCUT2D eigenvalue weighted by Crippen LogP contribution is 2.22. The maximum atomic E-state index is 12.6. The largest absolute Gasteiger partial charge is 0.396 e. The molecule has 0 spiro atoms. The molecule has 0 aliphatic rings. The van der Waals surface area contributed by atoms with Gasteiger partial charge >= 0.3 is 0 Å². The molecule has 0 bridgehead atoms. The van der Waals surface area contributed by atoms with Crippen LogP contribution in [0.4, 0.5) is 10.1 Å². The van der Waals surface area contributed by atoms with Crippen LogP contribution in [0.5, 0.6) is 0 Å². The first-order chi connectivity index (χ1) is 6.74. The molecule has 2 N–H and O–H groups in total. The Labute approximate surface area is 87.7 Å². The van der Waals surface area contributed by atoms with E-state index in [1.165, 1.54) is 12.1 Å². The molecule has 1 rings (SSSR count). The molecule has 0 unspecified atom stereocenters. The average Bonchev–Trinajstić information content (AvgIpc) is 2.15. The van der Waals surface area contributed by atoms with Gasteiger partial charge in [0, 0.05) is 13.2 Å². The molecule has 14 heavy (non-hydrogen) atoms. The minimum Gasteiger partial charge on any atom is -0.396 e. The molecule has 2 nitrogen and oxygen atoms in total. The predicted octanol–water partition coefficient (Wildman–Crippen LogP) is 2.66. The van der Waals surface area contributed by atoms with E-state index in [1.807, 2.05) is 0 Å². The number of halogens is 2. The normalized spacial score (nSPS) is 10.2. The van der Waals surface area contributed by atoms with Crippen molar-refractivity contribution in [2.45, 2.75) is 12.8 Å². The van der Waals surface area contributed by atoms with Crippen molar-refractivity contribution in [3.63, 3.8) is 0 Å². The van der Waals surface area contributed by atoms with Crippen molar-refractivity contribution in [1.82, 2.24) is 0 Å². The third-order valence-electron chi connectivity index (χ3n) is 1.83. The third-order valence-corrected chi connectivity index (χ3v) is 2.14. The molecule has 0 atom stereocenters. The lowest BCUT2D eigenvalue weighted by molar-refractivity contribution is 0.286. The summed E-state index contributed by atoms with van der Waals surface area (Å²) in [6.07, 6.45) is 1.62. The van der Waals surface area contributed by atoms with E-state index in [1.54, 1.807) is 6.07 Å². The number of hydrogen-bond acceptors (Lipinski definition) is 2. The number of aliphatic hydroxyl groups is 1. The Bertz CT molecular complexity index is 293. The Morgan fingerprint density at radius 3 is 2.79 bits per heavy atom. The van der Waals surface area contributed by atoms with Gasteiger partial charge < -0.3 is 10.4 Å². The van der Waals surface area contributed by atoms with Crippen LogP contribution < -0.4 is 5.32 Å². The van der Waals surface area contributed by atoms with Crippen LogP contribution in [0.1, 0.15) is 12.8 Å². The first-order valence-electron chi connectivity index (χ1n) is 4.54. The van der Waals surface area contributed by atoms with Gasteiger partial charge in [-0.25, -0.2) is 4.39 Å². The summed E-state index contributed by atoms with van der Waals surface area (Å²) in [5.74, 6) is -0.337. The van der Waals surface area contributed by atoms with Crippen molar-refractivity contribution in [3.05, 3.63) is 29.0 Å². The van der Waals surface area contributed by atoms with Crippen molar-refractivity contribution in [2.24, 2.45) is 0 Å². The summed E-state index contributed by atoms with van der Waals surface area (Å²) >= 11 is 5.79. The first-order valence-corrected chi connectivity index (χ1v) is 4.91. The molecule has 78 valence electrons. The molecular formula is C10H13ClFNO. The second-order valence-electron chi connectivity index (χ2n) is 2.98. The molecule has 0 aliphatic heterocycles.